The summed E-state index contributed by atoms with van der Waals surface area (Å²) in [6.45, 7) is 5.10. The summed E-state index contributed by atoms with van der Waals surface area (Å²) < 4.78 is 0. The zero-order valence-corrected chi connectivity index (χ0v) is 18.3. The molecule has 2 heterocycles. The maximum absolute atomic E-state index is 13.0. The molecule has 2 aliphatic heterocycles. The quantitative estimate of drug-likeness (QED) is 0.774. The third-order valence-electron chi connectivity index (χ3n) is 5.54. The number of nitrogens with one attached hydrogen (secondary N) is 1. The Morgan fingerprint density at radius 3 is 2.42 bits per heavy atom. The summed E-state index contributed by atoms with van der Waals surface area (Å²) in [5.74, 6) is -0.00949. The number of benzene rings is 2. The van der Waals surface area contributed by atoms with Crippen molar-refractivity contribution >= 4 is 40.6 Å². The average Bonchev–Trinajstić information content (AvgIpc) is 3.05. The second-order valence-electron chi connectivity index (χ2n) is 7.83. The minimum Gasteiger partial charge on any atom is -0.337 e. The van der Waals surface area contributed by atoms with Crippen LogP contribution < -0.4 is 10.3 Å². The van der Waals surface area contributed by atoms with Gasteiger partial charge in [-0.15, -0.1) is 0 Å². The highest BCUT2D eigenvalue weighted by Crippen LogP contribution is 2.21. The number of amides is 3. The Morgan fingerprint density at radius 1 is 0.968 bits per heavy atom. The van der Waals surface area contributed by atoms with E-state index in [1.807, 2.05) is 41.1 Å². The number of hydrogen-bond acceptors (Lipinski definition) is 4. The van der Waals surface area contributed by atoms with Gasteiger partial charge >= 0.3 is 6.03 Å². The number of carbonyl (C=O) groups is 2. The lowest BCUT2D eigenvalue weighted by molar-refractivity contribution is 0.0762. The maximum atomic E-state index is 13.0. The highest BCUT2D eigenvalue weighted by Gasteiger charge is 2.23. The molecule has 3 amide bonds. The molecule has 0 atom stereocenters. The van der Waals surface area contributed by atoms with Gasteiger partial charge in [0.2, 0.25) is 0 Å². The molecule has 2 aromatic carbocycles. The van der Waals surface area contributed by atoms with E-state index < -0.39 is 0 Å². The summed E-state index contributed by atoms with van der Waals surface area (Å²) >= 11 is 5.99. The first-order chi connectivity index (χ1) is 15.0. The smallest absolute Gasteiger partial charge is 0.321 e. The summed E-state index contributed by atoms with van der Waals surface area (Å²) in [6.07, 6.45) is 1.70. The maximum Gasteiger partial charge on any atom is 0.321 e. The summed E-state index contributed by atoms with van der Waals surface area (Å²) in [7, 11) is 0. The molecular weight excluding hydrogens is 414 g/mol. The van der Waals surface area contributed by atoms with Gasteiger partial charge in [0.15, 0.2) is 0 Å². The SMILES string of the molecule is CC1=NN(c2ccc(C(=O)N3CCCN(C(=O)Nc4cccc(Cl)c4)CC3)cc2)CC1. The lowest BCUT2D eigenvalue weighted by Gasteiger charge is -2.23. The zero-order valence-electron chi connectivity index (χ0n) is 17.6. The Hall–Kier alpha value is -3.06. The Balaban J connectivity index is 1.34. The van der Waals surface area contributed by atoms with Crippen LogP contribution in [0.4, 0.5) is 16.2 Å². The highest BCUT2D eigenvalue weighted by molar-refractivity contribution is 6.30. The standard InChI is InChI=1S/C23H26ClN5O2/c1-17-10-13-29(26-17)21-8-6-18(7-9-21)22(30)27-11-3-12-28(15-14-27)23(31)25-20-5-2-4-19(24)16-20/h2,4-9,16H,3,10-15H2,1H3,(H,25,31). The van der Waals surface area contributed by atoms with E-state index in [1.165, 1.54) is 0 Å². The van der Waals surface area contributed by atoms with Crippen molar-refractivity contribution in [1.82, 2.24) is 9.80 Å². The van der Waals surface area contributed by atoms with Crippen molar-refractivity contribution in [3.63, 3.8) is 0 Å². The van der Waals surface area contributed by atoms with Crippen LogP contribution in [0.5, 0.6) is 0 Å². The molecule has 0 radical (unpaired) electrons. The van der Waals surface area contributed by atoms with E-state index in [9.17, 15) is 9.59 Å². The molecule has 4 rings (SSSR count). The zero-order chi connectivity index (χ0) is 21.8. The van der Waals surface area contributed by atoms with Gasteiger partial charge in [-0.25, -0.2) is 4.79 Å². The van der Waals surface area contributed by atoms with Crippen LogP contribution in [0.1, 0.15) is 30.1 Å². The van der Waals surface area contributed by atoms with Crippen molar-refractivity contribution in [2.45, 2.75) is 19.8 Å². The second kappa shape index (κ2) is 9.39. The number of nitrogens with zero attached hydrogens (tertiary/aromatic N) is 4. The number of carbonyl (C=O) groups excluding carboxylic acids is 2. The lowest BCUT2D eigenvalue weighted by atomic mass is 10.1. The minimum absolute atomic E-state index is 0.00949. The van der Waals surface area contributed by atoms with Gasteiger partial charge < -0.3 is 15.1 Å². The van der Waals surface area contributed by atoms with Gasteiger partial charge in [0.1, 0.15) is 0 Å². The van der Waals surface area contributed by atoms with Crippen molar-refractivity contribution < 1.29 is 9.59 Å². The fourth-order valence-electron chi connectivity index (χ4n) is 3.81. The minimum atomic E-state index is -0.178. The van der Waals surface area contributed by atoms with Crippen LogP contribution in [0.15, 0.2) is 53.6 Å². The summed E-state index contributed by atoms with van der Waals surface area (Å²) in [5, 5.41) is 9.91. The van der Waals surface area contributed by atoms with E-state index in [0.29, 0.717) is 42.5 Å². The molecule has 7 nitrogen and oxygen atoms in total. The number of hydrazone groups is 1. The van der Waals surface area contributed by atoms with Crippen LogP contribution in [0, 0.1) is 0 Å². The van der Waals surface area contributed by atoms with Gasteiger partial charge in [0, 0.05) is 61.1 Å². The normalized spacial score (nSPS) is 16.7. The first-order valence-electron chi connectivity index (χ1n) is 10.5. The number of urea groups is 1. The van der Waals surface area contributed by atoms with Crippen molar-refractivity contribution in [3.8, 4) is 0 Å². The van der Waals surface area contributed by atoms with Crippen LogP contribution in [0.3, 0.4) is 0 Å². The van der Waals surface area contributed by atoms with E-state index in [4.69, 9.17) is 11.6 Å². The molecule has 2 aliphatic rings. The number of anilines is 2. The van der Waals surface area contributed by atoms with Crippen LogP contribution in [-0.2, 0) is 0 Å². The Kier molecular flexibility index (Phi) is 6.42. The largest absolute Gasteiger partial charge is 0.337 e. The van der Waals surface area contributed by atoms with Crippen LogP contribution in [0.25, 0.3) is 0 Å². The van der Waals surface area contributed by atoms with Crippen molar-refractivity contribution in [1.29, 1.82) is 0 Å². The first-order valence-corrected chi connectivity index (χ1v) is 10.9. The van der Waals surface area contributed by atoms with Gasteiger partial charge in [-0.3, -0.25) is 9.80 Å². The van der Waals surface area contributed by atoms with Crippen LogP contribution in [-0.4, -0.2) is 60.2 Å². The Bertz CT molecular complexity index is 992. The molecule has 31 heavy (non-hydrogen) atoms. The van der Waals surface area contributed by atoms with Gasteiger partial charge in [0.25, 0.3) is 5.91 Å². The van der Waals surface area contributed by atoms with Crippen molar-refractivity contribution in [2.24, 2.45) is 5.10 Å². The Morgan fingerprint density at radius 2 is 1.71 bits per heavy atom. The van der Waals surface area contributed by atoms with Crippen LogP contribution in [0.2, 0.25) is 5.02 Å². The predicted molar refractivity (Wildman–Crippen MR) is 124 cm³/mol. The molecule has 162 valence electrons. The van der Waals surface area contributed by atoms with E-state index in [-0.39, 0.29) is 11.9 Å². The molecule has 0 unspecified atom stereocenters. The molecule has 0 aromatic heterocycles. The number of halogens is 1. The molecule has 2 aromatic rings. The van der Waals surface area contributed by atoms with Crippen LogP contribution >= 0.6 is 11.6 Å². The summed E-state index contributed by atoms with van der Waals surface area (Å²) in [5.41, 5.74) is 3.43. The molecule has 1 saturated heterocycles. The first kappa shape index (κ1) is 21.2. The van der Waals surface area contributed by atoms with E-state index in [2.05, 4.69) is 10.4 Å². The molecule has 1 N–H and O–H groups in total. The molecule has 0 aliphatic carbocycles. The fourth-order valence-corrected chi connectivity index (χ4v) is 4.00. The van der Waals surface area contributed by atoms with Gasteiger partial charge in [-0.1, -0.05) is 17.7 Å². The lowest BCUT2D eigenvalue weighted by Crippen LogP contribution is -2.39. The predicted octanol–water partition coefficient (Wildman–Crippen LogP) is 4.31. The third-order valence-corrected chi connectivity index (χ3v) is 5.77. The van der Waals surface area contributed by atoms with Gasteiger partial charge in [-0.05, 0) is 55.8 Å². The van der Waals surface area contributed by atoms with Crippen molar-refractivity contribution in [3.05, 3.63) is 59.1 Å². The molecule has 8 heteroatoms. The molecule has 0 bridgehead atoms. The van der Waals surface area contributed by atoms with Gasteiger partial charge in [-0.2, -0.15) is 5.10 Å². The number of hydrogen-bond donors (Lipinski definition) is 1. The summed E-state index contributed by atoms with van der Waals surface area (Å²) in [6, 6.07) is 14.5. The van der Waals surface area contributed by atoms with Crippen molar-refractivity contribution in [2.75, 3.05) is 43.0 Å². The Labute approximate surface area is 187 Å². The molecule has 1 fully saturated rings. The molecule has 0 saturated carbocycles. The van der Waals surface area contributed by atoms with E-state index >= 15 is 0 Å². The molecule has 0 spiro atoms. The van der Waals surface area contributed by atoms with E-state index in [0.717, 1.165) is 30.8 Å². The highest BCUT2D eigenvalue weighted by atomic mass is 35.5. The fraction of sp³-hybridized carbons (Fsp3) is 0.348. The topological polar surface area (TPSA) is 68.2 Å². The number of rotatable bonds is 3. The van der Waals surface area contributed by atoms with E-state index in [1.54, 1.807) is 29.2 Å². The molecular formula is C23H26ClN5O2. The summed E-state index contributed by atoms with van der Waals surface area (Å²) in [4.78, 5) is 29.2. The third kappa shape index (κ3) is 5.17. The monoisotopic (exact) mass is 439 g/mol. The second-order valence-corrected chi connectivity index (χ2v) is 8.27. The van der Waals surface area contributed by atoms with Gasteiger partial charge in [0.05, 0.1) is 5.69 Å². The average molecular weight is 440 g/mol.